The molecule has 0 amide bonds. The summed E-state index contributed by atoms with van der Waals surface area (Å²) in [4.78, 5) is 14.6. The first kappa shape index (κ1) is 17.0. The van der Waals surface area contributed by atoms with Crippen molar-refractivity contribution < 1.29 is 9.53 Å². The van der Waals surface area contributed by atoms with Gasteiger partial charge in [-0.2, -0.15) is 0 Å². The smallest absolute Gasteiger partial charge is 0.309 e. The summed E-state index contributed by atoms with van der Waals surface area (Å²) in [6.45, 7) is 3.11. The van der Waals surface area contributed by atoms with E-state index in [1.807, 2.05) is 0 Å². The summed E-state index contributed by atoms with van der Waals surface area (Å²) in [6, 6.07) is 8.80. The van der Waals surface area contributed by atoms with Gasteiger partial charge in [-0.05, 0) is 56.3 Å². The largest absolute Gasteiger partial charge is 0.469 e. The van der Waals surface area contributed by atoms with E-state index in [0.717, 1.165) is 25.8 Å². The monoisotopic (exact) mass is 303 g/mol. The molecule has 0 saturated heterocycles. The summed E-state index contributed by atoms with van der Waals surface area (Å²) in [6.07, 6.45) is 4.43. The number of ether oxygens (including phenoxy) is 1. The van der Waals surface area contributed by atoms with Crippen LogP contribution in [-0.4, -0.2) is 38.6 Å². The molecule has 0 bridgehead atoms. The lowest BCUT2D eigenvalue weighted by molar-refractivity contribution is -0.149. The third kappa shape index (κ3) is 3.89. The van der Waals surface area contributed by atoms with E-state index >= 15 is 0 Å². The lowest BCUT2D eigenvalue weighted by Gasteiger charge is -2.38. The molecule has 1 aromatic carbocycles. The minimum Gasteiger partial charge on any atom is -0.469 e. The molecular formula is C19H29NO2. The number of hydrogen-bond acceptors (Lipinski definition) is 3. The highest BCUT2D eigenvalue weighted by Crippen LogP contribution is 2.42. The zero-order chi connectivity index (χ0) is 16.1. The Hall–Kier alpha value is -1.35. The van der Waals surface area contributed by atoms with E-state index in [2.05, 4.69) is 50.2 Å². The van der Waals surface area contributed by atoms with E-state index in [1.165, 1.54) is 24.7 Å². The molecule has 0 aliphatic heterocycles. The quantitative estimate of drug-likeness (QED) is 0.780. The molecule has 0 spiro atoms. The molecule has 3 unspecified atom stereocenters. The van der Waals surface area contributed by atoms with Crippen LogP contribution in [0.15, 0.2) is 24.3 Å². The molecule has 3 atom stereocenters. The molecule has 1 saturated carbocycles. The summed E-state index contributed by atoms with van der Waals surface area (Å²) in [5.41, 5.74) is 2.63. The van der Waals surface area contributed by atoms with Gasteiger partial charge in [0, 0.05) is 6.54 Å². The van der Waals surface area contributed by atoms with E-state index in [-0.39, 0.29) is 17.8 Å². The summed E-state index contributed by atoms with van der Waals surface area (Å²) in [5.74, 6) is 0.605. The summed E-state index contributed by atoms with van der Waals surface area (Å²) >= 11 is 0. The van der Waals surface area contributed by atoms with Crippen LogP contribution in [0.4, 0.5) is 0 Å². The van der Waals surface area contributed by atoms with Gasteiger partial charge in [0.25, 0.3) is 0 Å². The van der Waals surface area contributed by atoms with Crippen LogP contribution in [0.1, 0.15) is 43.2 Å². The van der Waals surface area contributed by atoms with Gasteiger partial charge in [-0.1, -0.05) is 37.6 Å². The fraction of sp³-hybridized carbons (Fsp3) is 0.632. The first-order valence-electron chi connectivity index (χ1n) is 8.38. The van der Waals surface area contributed by atoms with E-state index in [0.29, 0.717) is 5.92 Å². The molecular weight excluding hydrogens is 274 g/mol. The van der Waals surface area contributed by atoms with Crippen molar-refractivity contribution in [2.75, 3.05) is 27.7 Å². The lowest BCUT2D eigenvalue weighted by atomic mass is 9.69. The molecule has 0 aromatic heterocycles. The zero-order valence-corrected chi connectivity index (χ0v) is 14.3. The number of aryl methyl sites for hydroxylation is 1. The summed E-state index contributed by atoms with van der Waals surface area (Å²) < 4.78 is 5.14. The number of methoxy groups -OCH3 is 1. The van der Waals surface area contributed by atoms with Gasteiger partial charge in [0.1, 0.15) is 0 Å². The molecule has 122 valence electrons. The van der Waals surface area contributed by atoms with Gasteiger partial charge in [0.15, 0.2) is 0 Å². The van der Waals surface area contributed by atoms with Gasteiger partial charge < -0.3 is 9.64 Å². The minimum atomic E-state index is -0.0453. The fourth-order valence-electron chi connectivity index (χ4n) is 3.83. The highest BCUT2D eigenvalue weighted by atomic mass is 16.5. The minimum absolute atomic E-state index is 0.0198. The third-order valence-electron chi connectivity index (χ3n) is 4.92. The van der Waals surface area contributed by atoms with E-state index in [1.54, 1.807) is 0 Å². The number of esters is 1. The van der Waals surface area contributed by atoms with Crippen molar-refractivity contribution in [3.63, 3.8) is 0 Å². The Morgan fingerprint density at radius 2 is 1.91 bits per heavy atom. The third-order valence-corrected chi connectivity index (χ3v) is 4.92. The van der Waals surface area contributed by atoms with Crippen molar-refractivity contribution in [2.24, 2.45) is 11.8 Å². The molecule has 0 radical (unpaired) electrons. The maximum Gasteiger partial charge on any atom is 0.309 e. The van der Waals surface area contributed by atoms with Crippen LogP contribution in [0, 0.1) is 11.8 Å². The predicted octanol–water partition coefficient (Wildman–Crippen LogP) is 3.48. The van der Waals surface area contributed by atoms with Gasteiger partial charge in [-0.25, -0.2) is 0 Å². The Kier molecular flexibility index (Phi) is 6.01. The Bertz CT molecular complexity index is 481. The first-order valence-corrected chi connectivity index (χ1v) is 8.38. The molecule has 3 heteroatoms. The van der Waals surface area contributed by atoms with Crippen LogP contribution in [0.5, 0.6) is 0 Å². The van der Waals surface area contributed by atoms with Gasteiger partial charge >= 0.3 is 5.97 Å². The van der Waals surface area contributed by atoms with Gasteiger partial charge in [0.2, 0.25) is 0 Å². The predicted molar refractivity (Wildman–Crippen MR) is 90.0 cm³/mol. The van der Waals surface area contributed by atoms with Crippen molar-refractivity contribution in [2.45, 2.75) is 38.5 Å². The molecule has 3 nitrogen and oxygen atoms in total. The Labute approximate surface area is 134 Å². The zero-order valence-electron chi connectivity index (χ0n) is 14.3. The Morgan fingerprint density at radius 1 is 1.23 bits per heavy atom. The molecule has 0 heterocycles. The number of benzene rings is 1. The Morgan fingerprint density at radius 3 is 2.45 bits per heavy atom. The number of nitrogens with zero attached hydrogens (tertiary/aromatic N) is 1. The molecule has 2 rings (SSSR count). The van der Waals surface area contributed by atoms with Crippen molar-refractivity contribution in [3.05, 3.63) is 35.4 Å². The normalized spacial score (nSPS) is 25.2. The lowest BCUT2D eigenvalue weighted by Crippen LogP contribution is -2.39. The average Bonchev–Trinajstić information content (AvgIpc) is 2.53. The fourth-order valence-corrected chi connectivity index (χ4v) is 3.83. The second-order valence-electron chi connectivity index (χ2n) is 6.70. The number of carbonyl (C=O) groups is 1. The van der Waals surface area contributed by atoms with Crippen LogP contribution >= 0.6 is 0 Å². The summed E-state index contributed by atoms with van der Waals surface area (Å²) in [5, 5.41) is 0. The number of carbonyl (C=O) groups excluding carboxylic acids is 1. The van der Waals surface area contributed by atoms with Gasteiger partial charge in [0.05, 0.1) is 13.0 Å². The Balaban J connectivity index is 2.27. The van der Waals surface area contributed by atoms with Gasteiger partial charge in [-0.15, -0.1) is 0 Å². The number of hydrogen-bond donors (Lipinski definition) is 0. The first-order chi connectivity index (χ1) is 10.6. The summed E-state index contributed by atoms with van der Waals surface area (Å²) in [7, 11) is 5.67. The molecule has 1 fully saturated rings. The standard InChI is InChI=1S/C19H29NO2/c1-5-14-9-11-15(12-10-14)17-8-6-7-16(13-20(2)3)18(17)19(21)22-4/h9-12,16-18H,5-8,13H2,1-4H3. The van der Waals surface area contributed by atoms with Crippen LogP contribution in [0.3, 0.4) is 0 Å². The highest BCUT2D eigenvalue weighted by Gasteiger charge is 2.39. The molecule has 0 N–H and O–H groups in total. The highest BCUT2D eigenvalue weighted by molar-refractivity contribution is 5.74. The maximum atomic E-state index is 12.4. The average molecular weight is 303 g/mol. The van der Waals surface area contributed by atoms with Crippen LogP contribution in [0.2, 0.25) is 0 Å². The van der Waals surface area contributed by atoms with Gasteiger partial charge in [-0.3, -0.25) is 4.79 Å². The number of rotatable bonds is 5. The topological polar surface area (TPSA) is 29.5 Å². The van der Waals surface area contributed by atoms with Crippen molar-refractivity contribution in [1.82, 2.24) is 4.90 Å². The SMILES string of the molecule is CCc1ccc(C2CCCC(CN(C)C)C2C(=O)OC)cc1. The van der Waals surface area contributed by atoms with Crippen molar-refractivity contribution in [3.8, 4) is 0 Å². The van der Waals surface area contributed by atoms with E-state index in [4.69, 9.17) is 4.74 Å². The second-order valence-corrected chi connectivity index (χ2v) is 6.70. The van der Waals surface area contributed by atoms with E-state index < -0.39 is 0 Å². The van der Waals surface area contributed by atoms with E-state index in [9.17, 15) is 4.79 Å². The maximum absolute atomic E-state index is 12.4. The van der Waals surface area contributed by atoms with Crippen LogP contribution in [-0.2, 0) is 16.0 Å². The van der Waals surface area contributed by atoms with Crippen LogP contribution in [0.25, 0.3) is 0 Å². The second kappa shape index (κ2) is 7.77. The van der Waals surface area contributed by atoms with Crippen molar-refractivity contribution >= 4 is 5.97 Å². The molecule has 22 heavy (non-hydrogen) atoms. The molecule has 1 aliphatic carbocycles. The van der Waals surface area contributed by atoms with Crippen LogP contribution < -0.4 is 0 Å². The molecule has 1 aromatic rings. The van der Waals surface area contributed by atoms with Crippen molar-refractivity contribution in [1.29, 1.82) is 0 Å². The molecule has 1 aliphatic rings.